The maximum Gasteiger partial charge on any atom is 0.105 e. The van der Waals surface area contributed by atoms with Crippen LogP contribution in [0, 0.1) is 0 Å². The van der Waals surface area contributed by atoms with Crippen molar-refractivity contribution in [3.8, 4) is 22.3 Å². The second-order valence-electron chi connectivity index (χ2n) is 9.35. The van der Waals surface area contributed by atoms with E-state index in [4.69, 9.17) is 0 Å². The number of aromatic nitrogens is 8. The molecule has 0 saturated heterocycles. The fourth-order valence-electron chi connectivity index (χ4n) is 6.33. The van der Waals surface area contributed by atoms with Gasteiger partial charge in [0.15, 0.2) is 0 Å². The molecule has 0 N–H and O–H groups in total. The molecule has 2 aliphatic rings. The van der Waals surface area contributed by atoms with Crippen LogP contribution in [0.3, 0.4) is 0 Å². The minimum Gasteiger partial charge on any atom is -0.173 e. The number of fused-ring (bicyclic) bond motifs is 14. The Balaban J connectivity index is 1.48. The summed E-state index contributed by atoms with van der Waals surface area (Å²) in [5, 5.41) is 0. The Kier molecular flexibility index (Phi) is 3.31. The number of nitrogens with zero attached hydrogens (tertiary/aromatic N) is 8. The van der Waals surface area contributed by atoms with E-state index in [9.17, 15) is 0 Å². The SMILES string of the molecule is c1c2c(cc3nsnc13)C1(c3cc4nsnc4cc3-2)c2cc3nsnc3cc2-c2cc3nsnc3cc21. The molecule has 8 aromatic rings. The molecule has 1 spiro atoms. The zero-order valence-corrected chi connectivity index (χ0v) is 21.6. The Labute approximate surface area is 223 Å². The van der Waals surface area contributed by atoms with Crippen LogP contribution in [0.2, 0.25) is 0 Å². The van der Waals surface area contributed by atoms with Gasteiger partial charge in [0.1, 0.15) is 44.1 Å². The summed E-state index contributed by atoms with van der Waals surface area (Å²) in [6, 6.07) is 17.6. The largest absolute Gasteiger partial charge is 0.173 e. The quantitative estimate of drug-likeness (QED) is 0.226. The third kappa shape index (κ3) is 2.17. The third-order valence-electron chi connectivity index (χ3n) is 7.77. The Morgan fingerprint density at radius 3 is 0.784 bits per heavy atom. The highest BCUT2D eigenvalue weighted by Crippen LogP contribution is 2.64. The molecule has 0 aliphatic heterocycles. The molecule has 8 nitrogen and oxygen atoms in total. The zero-order valence-electron chi connectivity index (χ0n) is 18.3. The Morgan fingerprint density at radius 2 is 0.541 bits per heavy atom. The van der Waals surface area contributed by atoms with Crippen molar-refractivity contribution in [2.45, 2.75) is 5.41 Å². The van der Waals surface area contributed by atoms with E-state index >= 15 is 0 Å². The molecule has 0 unspecified atom stereocenters. The first-order valence-electron chi connectivity index (χ1n) is 11.4. The Bertz CT molecular complexity index is 1970. The lowest BCUT2D eigenvalue weighted by Gasteiger charge is -2.30. The van der Waals surface area contributed by atoms with Crippen LogP contribution in [-0.4, -0.2) is 35.0 Å². The zero-order chi connectivity index (χ0) is 23.9. The fraction of sp³-hybridized carbons (Fsp3) is 0.0400. The van der Waals surface area contributed by atoms with Crippen LogP contribution >= 0.6 is 46.9 Å². The van der Waals surface area contributed by atoms with Gasteiger partial charge < -0.3 is 0 Å². The molecule has 0 amide bonds. The number of hydrogen-bond acceptors (Lipinski definition) is 12. The van der Waals surface area contributed by atoms with Crippen LogP contribution in [0.5, 0.6) is 0 Å². The lowest BCUT2D eigenvalue weighted by molar-refractivity contribution is 0.798. The molecule has 4 aromatic carbocycles. The average Bonchev–Trinajstić information content (AvgIpc) is 3.75. The minimum atomic E-state index is -0.583. The minimum absolute atomic E-state index is 0.583. The first-order valence-corrected chi connectivity index (χ1v) is 14.3. The first kappa shape index (κ1) is 19.3. The summed E-state index contributed by atoms with van der Waals surface area (Å²) in [5.41, 5.74) is 16.0. The van der Waals surface area contributed by atoms with Crippen LogP contribution in [-0.2, 0) is 5.41 Å². The van der Waals surface area contributed by atoms with Gasteiger partial charge in [-0.05, 0) is 93.0 Å². The second kappa shape index (κ2) is 6.34. The van der Waals surface area contributed by atoms with E-state index in [0.29, 0.717) is 0 Å². The van der Waals surface area contributed by atoms with Gasteiger partial charge in [-0.1, -0.05) is 0 Å². The summed E-state index contributed by atoms with van der Waals surface area (Å²) in [5.74, 6) is 0. The van der Waals surface area contributed by atoms with Gasteiger partial charge in [-0.2, -0.15) is 35.0 Å². The molecular weight excluding hydrogens is 541 g/mol. The summed E-state index contributed by atoms with van der Waals surface area (Å²) in [7, 11) is 0. The van der Waals surface area contributed by atoms with E-state index < -0.39 is 5.41 Å². The topological polar surface area (TPSA) is 103 Å². The van der Waals surface area contributed by atoms with Gasteiger partial charge in [0.25, 0.3) is 0 Å². The van der Waals surface area contributed by atoms with Crippen LogP contribution in [0.1, 0.15) is 22.3 Å². The second-order valence-corrected chi connectivity index (χ2v) is 11.5. The molecule has 2 aliphatic carbocycles. The van der Waals surface area contributed by atoms with Gasteiger partial charge in [-0.25, -0.2) is 0 Å². The van der Waals surface area contributed by atoms with Gasteiger partial charge in [0.2, 0.25) is 0 Å². The van der Waals surface area contributed by atoms with Crippen molar-refractivity contribution in [2.75, 3.05) is 0 Å². The molecule has 37 heavy (non-hydrogen) atoms. The highest BCUT2D eigenvalue weighted by molar-refractivity contribution is 7.00. The lowest BCUT2D eigenvalue weighted by atomic mass is 9.70. The lowest BCUT2D eigenvalue weighted by Crippen LogP contribution is -2.26. The number of rotatable bonds is 0. The van der Waals surface area contributed by atoms with Crippen molar-refractivity contribution < 1.29 is 0 Å². The van der Waals surface area contributed by atoms with E-state index in [2.05, 4.69) is 83.5 Å². The van der Waals surface area contributed by atoms with Crippen molar-refractivity contribution in [1.29, 1.82) is 0 Å². The van der Waals surface area contributed by atoms with Gasteiger partial charge in [0, 0.05) is 0 Å². The highest BCUT2D eigenvalue weighted by Gasteiger charge is 2.53. The van der Waals surface area contributed by atoms with Gasteiger partial charge >= 0.3 is 0 Å². The van der Waals surface area contributed by atoms with Gasteiger partial charge in [0.05, 0.1) is 52.3 Å². The molecule has 0 bridgehead atoms. The van der Waals surface area contributed by atoms with Gasteiger partial charge in [-0.15, -0.1) is 0 Å². The van der Waals surface area contributed by atoms with Crippen molar-refractivity contribution in [3.63, 3.8) is 0 Å². The fourth-order valence-corrected chi connectivity index (χ4v) is 8.37. The molecular formula is C25H8N8S4. The van der Waals surface area contributed by atoms with Crippen molar-refractivity contribution in [2.24, 2.45) is 0 Å². The summed E-state index contributed by atoms with van der Waals surface area (Å²) in [6.45, 7) is 0. The maximum absolute atomic E-state index is 4.62. The standard InChI is InChI=1S/C25H8N8S4/c1-9-10-2-18-22(31-35-27-18)6-14(10)25(13(9)5-21-17(1)26-34-30-21)15-7-23-19(28-36-32-23)3-11(15)12-4-20-24(8-16(12)25)33-37-29-20/h1-8H. The van der Waals surface area contributed by atoms with Gasteiger partial charge in [-0.3, -0.25) is 0 Å². The van der Waals surface area contributed by atoms with Crippen molar-refractivity contribution in [3.05, 3.63) is 70.8 Å². The van der Waals surface area contributed by atoms with E-state index in [1.54, 1.807) is 0 Å². The third-order valence-corrected chi connectivity index (χ3v) is 10.00. The predicted molar refractivity (Wildman–Crippen MR) is 147 cm³/mol. The first-order chi connectivity index (χ1) is 18.3. The Morgan fingerprint density at radius 1 is 0.324 bits per heavy atom. The summed E-state index contributed by atoms with van der Waals surface area (Å²) in [6.07, 6.45) is 0. The number of benzene rings is 4. The van der Waals surface area contributed by atoms with Crippen LogP contribution in [0.15, 0.2) is 48.5 Å². The van der Waals surface area contributed by atoms with E-state index in [0.717, 1.165) is 66.4 Å². The molecule has 0 radical (unpaired) electrons. The molecule has 4 aromatic heterocycles. The molecule has 0 atom stereocenters. The average molecular weight is 549 g/mol. The van der Waals surface area contributed by atoms with Crippen molar-refractivity contribution >= 4 is 91.0 Å². The predicted octanol–water partition coefficient (Wildman–Crippen LogP) is 6.05. The van der Waals surface area contributed by atoms with E-state index in [1.807, 2.05) is 0 Å². The molecule has 10 rings (SSSR count). The van der Waals surface area contributed by atoms with Crippen molar-refractivity contribution in [1.82, 2.24) is 35.0 Å². The normalized spacial score (nSPS) is 14.7. The summed E-state index contributed by atoms with van der Waals surface area (Å²) < 4.78 is 36.7. The Hall–Kier alpha value is -3.84. The van der Waals surface area contributed by atoms with Crippen LogP contribution in [0.4, 0.5) is 0 Å². The molecule has 0 saturated carbocycles. The molecule has 0 fully saturated rings. The highest BCUT2D eigenvalue weighted by atomic mass is 32.1. The maximum atomic E-state index is 4.62. The van der Waals surface area contributed by atoms with E-state index in [-0.39, 0.29) is 0 Å². The number of hydrogen-bond donors (Lipinski definition) is 0. The molecule has 172 valence electrons. The summed E-state index contributed by atoms with van der Waals surface area (Å²) in [4.78, 5) is 0. The van der Waals surface area contributed by atoms with E-state index in [1.165, 1.54) is 69.2 Å². The molecule has 12 heteroatoms. The van der Waals surface area contributed by atoms with Crippen LogP contribution in [0.25, 0.3) is 66.4 Å². The van der Waals surface area contributed by atoms with Crippen LogP contribution < -0.4 is 0 Å². The monoisotopic (exact) mass is 548 g/mol. The summed E-state index contributed by atoms with van der Waals surface area (Å²) >= 11 is 4.98. The smallest absolute Gasteiger partial charge is 0.105 e. The molecule has 4 heterocycles.